The summed E-state index contributed by atoms with van der Waals surface area (Å²) in [6.07, 6.45) is 5.59. The molecule has 0 bridgehead atoms. The molecule has 2 heteroatoms. The van der Waals surface area contributed by atoms with Crippen LogP contribution >= 0.6 is 0 Å². The first kappa shape index (κ1) is 16.4. The van der Waals surface area contributed by atoms with Crippen molar-refractivity contribution in [3.05, 3.63) is 29.8 Å². The maximum atomic E-state index is 10.0. The van der Waals surface area contributed by atoms with Gasteiger partial charge in [0.15, 0.2) is 0 Å². The molecule has 118 valence electrons. The SMILES string of the molecule is COc1ccccc1CC1(CO)CCC(C(C)(C)C)CC1. The molecule has 2 nitrogen and oxygen atoms in total. The van der Waals surface area contributed by atoms with Crippen LogP contribution in [0.3, 0.4) is 0 Å². The predicted octanol–water partition coefficient (Wildman–Crippen LogP) is 4.45. The molecule has 1 saturated carbocycles. The Kier molecular flexibility index (Phi) is 4.98. The zero-order chi connectivity index (χ0) is 15.5. The van der Waals surface area contributed by atoms with E-state index in [2.05, 4.69) is 32.9 Å². The van der Waals surface area contributed by atoms with E-state index >= 15 is 0 Å². The van der Waals surface area contributed by atoms with Gasteiger partial charge in [0.1, 0.15) is 5.75 Å². The minimum absolute atomic E-state index is 0.0381. The maximum absolute atomic E-state index is 10.0. The molecule has 0 heterocycles. The molecule has 0 radical (unpaired) electrons. The highest BCUT2D eigenvalue weighted by Gasteiger charge is 2.38. The largest absolute Gasteiger partial charge is 0.496 e. The molecule has 1 aromatic rings. The van der Waals surface area contributed by atoms with Gasteiger partial charge >= 0.3 is 0 Å². The molecule has 1 aliphatic carbocycles. The Morgan fingerprint density at radius 3 is 2.33 bits per heavy atom. The zero-order valence-electron chi connectivity index (χ0n) is 14.0. The first-order chi connectivity index (χ1) is 9.90. The summed E-state index contributed by atoms with van der Waals surface area (Å²) >= 11 is 0. The van der Waals surface area contributed by atoms with E-state index in [4.69, 9.17) is 4.74 Å². The van der Waals surface area contributed by atoms with Crippen LogP contribution in [0.15, 0.2) is 24.3 Å². The highest BCUT2D eigenvalue weighted by atomic mass is 16.5. The molecular formula is C19H30O2. The van der Waals surface area contributed by atoms with Gasteiger partial charge in [0.25, 0.3) is 0 Å². The fourth-order valence-corrected chi connectivity index (χ4v) is 3.74. The number of hydrogen-bond donors (Lipinski definition) is 1. The summed E-state index contributed by atoms with van der Waals surface area (Å²) in [7, 11) is 1.72. The van der Waals surface area contributed by atoms with Gasteiger partial charge in [-0.15, -0.1) is 0 Å². The summed E-state index contributed by atoms with van der Waals surface area (Å²) in [5.41, 5.74) is 1.64. The van der Waals surface area contributed by atoms with Crippen molar-refractivity contribution < 1.29 is 9.84 Å². The van der Waals surface area contributed by atoms with Gasteiger partial charge in [-0.25, -0.2) is 0 Å². The average molecular weight is 290 g/mol. The Labute approximate surface area is 129 Å². The second kappa shape index (κ2) is 6.39. The molecule has 0 unspecified atom stereocenters. The Morgan fingerprint density at radius 1 is 1.19 bits per heavy atom. The van der Waals surface area contributed by atoms with Gasteiger partial charge in [0.2, 0.25) is 0 Å². The van der Waals surface area contributed by atoms with Gasteiger partial charge in [0, 0.05) is 6.61 Å². The third-order valence-electron chi connectivity index (χ3n) is 5.36. The molecule has 0 atom stereocenters. The van der Waals surface area contributed by atoms with Crippen molar-refractivity contribution in [2.24, 2.45) is 16.7 Å². The number of ether oxygens (including phenoxy) is 1. The number of aliphatic hydroxyl groups excluding tert-OH is 1. The minimum Gasteiger partial charge on any atom is -0.496 e. The van der Waals surface area contributed by atoms with E-state index in [9.17, 15) is 5.11 Å². The van der Waals surface area contributed by atoms with E-state index in [-0.39, 0.29) is 12.0 Å². The molecule has 2 rings (SSSR count). The lowest BCUT2D eigenvalue weighted by molar-refractivity contribution is 0.0365. The van der Waals surface area contributed by atoms with E-state index in [1.165, 1.54) is 18.4 Å². The van der Waals surface area contributed by atoms with Gasteiger partial charge in [-0.1, -0.05) is 39.0 Å². The van der Waals surface area contributed by atoms with Crippen molar-refractivity contribution in [2.45, 2.75) is 52.9 Å². The number of benzene rings is 1. The van der Waals surface area contributed by atoms with Crippen molar-refractivity contribution in [2.75, 3.05) is 13.7 Å². The van der Waals surface area contributed by atoms with Crippen molar-refractivity contribution in [1.29, 1.82) is 0 Å². The summed E-state index contributed by atoms with van der Waals surface area (Å²) < 4.78 is 5.47. The molecule has 1 N–H and O–H groups in total. The standard InChI is InChI=1S/C19H30O2/c1-18(2,3)16-9-11-19(14-20,12-10-16)13-15-7-5-6-8-17(15)21-4/h5-8,16,20H,9-14H2,1-4H3. The normalized spacial score (nSPS) is 26.6. The van der Waals surface area contributed by atoms with Crippen LogP contribution < -0.4 is 4.74 Å². The third-order valence-corrected chi connectivity index (χ3v) is 5.36. The van der Waals surface area contributed by atoms with Crippen LogP contribution in [-0.2, 0) is 6.42 Å². The van der Waals surface area contributed by atoms with Crippen LogP contribution in [0.1, 0.15) is 52.0 Å². The van der Waals surface area contributed by atoms with Crippen LogP contribution in [0.25, 0.3) is 0 Å². The molecule has 0 amide bonds. The Morgan fingerprint density at radius 2 is 1.81 bits per heavy atom. The average Bonchev–Trinajstić information content (AvgIpc) is 2.47. The summed E-state index contributed by atoms with van der Waals surface area (Å²) in [5.74, 6) is 1.72. The fraction of sp³-hybridized carbons (Fsp3) is 0.684. The van der Waals surface area contributed by atoms with Crippen LogP contribution in [0.5, 0.6) is 5.75 Å². The number of hydrogen-bond acceptors (Lipinski definition) is 2. The Hall–Kier alpha value is -1.02. The maximum Gasteiger partial charge on any atom is 0.122 e. The zero-order valence-corrected chi connectivity index (χ0v) is 14.0. The smallest absolute Gasteiger partial charge is 0.122 e. The molecule has 1 aliphatic rings. The van der Waals surface area contributed by atoms with Gasteiger partial charge < -0.3 is 9.84 Å². The van der Waals surface area contributed by atoms with Gasteiger partial charge in [-0.05, 0) is 60.5 Å². The number of methoxy groups -OCH3 is 1. The molecule has 21 heavy (non-hydrogen) atoms. The summed E-state index contributed by atoms with van der Waals surface area (Å²) in [6, 6.07) is 8.21. The van der Waals surface area contributed by atoms with Gasteiger partial charge in [-0.2, -0.15) is 0 Å². The number of rotatable bonds is 4. The van der Waals surface area contributed by atoms with Crippen LogP contribution in [0.4, 0.5) is 0 Å². The van der Waals surface area contributed by atoms with E-state index < -0.39 is 0 Å². The number of para-hydroxylation sites is 1. The predicted molar refractivity (Wildman–Crippen MR) is 87.6 cm³/mol. The molecule has 0 spiro atoms. The molecular weight excluding hydrogens is 260 g/mol. The highest BCUT2D eigenvalue weighted by Crippen LogP contribution is 2.47. The fourth-order valence-electron chi connectivity index (χ4n) is 3.74. The summed E-state index contributed by atoms with van der Waals surface area (Å²) in [5, 5.41) is 10.0. The lowest BCUT2D eigenvalue weighted by Gasteiger charge is -2.43. The van der Waals surface area contributed by atoms with Crippen molar-refractivity contribution in [3.63, 3.8) is 0 Å². The third kappa shape index (κ3) is 3.79. The van der Waals surface area contributed by atoms with Crippen LogP contribution in [-0.4, -0.2) is 18.8 Å². The topological polar surface area (TPSA) is 29.5 Å². The first-order valence-corrected chi connectivity index (χ1v) is 8.13. The van der Waals surface area contributed by atoms with Crippen molar-refractivity contribution in [1.82, 2.24) is 0 Å². The van der Waals surface area contributed by atoms with E-state index in [1.807, 2.05) is 12.1 Å². The van der Waals surface area contributed by atoms with Crippen molar-refractivity contribution in [3.8, 4) is 5.75 Å². The summed E-state index contributed by atoms with van der Waals surface area (Å²) in [6.45, 7) is 7.29. The Bertz CT molecular complexity index is 451. The van der Waals surface area contributed by atoms with E-state index in [1.54, 1.807) is 7.11 Å². The second-order valence-corrected chi connectivity index (χ2v) is 7.79. The van der Waals surface area contributed by atoms with Gasteiger partial charge in [-0.3, -0.25) is 0 Å². The second-order valence-electron chi connectivity index (χ2n) is 7.79. The van der Waals surface area contributed by atoms with Crippen LogP contribution in [0.2, 0.25) is 0 Å². The molecule has 1 fully saturated rings. The minimum atomic E-state index is 0.0381. The lowest BCUT2D eigenvalue weighted by atomic mass is 9.62. The van der Waals surface area contributed by atoms with Crippen molar-refractivity contribution >= 4 is 0 Å². The molecule has 0 aliphatic heterocycles. The highest BCUT2D eigenvalue weighted by molar-refractivity contribution is 5.34. The number of aliphatic hydroxyl groups is 1. The van der Waals surface area contributed by atoms with Crippen LogP contribution in [0, 0.1) is 16.7 Å². The summed E-state index contributed by atoms with van der Waals surface area (Å²) in [4.78, 5) is 0. The van der Waals surface area contributed by atoms with E-state index in [0.29, 0.717) is 5.41 Å². The lowest BCUT2D eigenvalue weighted by Crippen LogP contribution is -2.36. The quantitative estimate of drug-likeness (QED) is 0.887. The van der Waals surface area contributed by atoms with E-state index in [0.717, 1.165) is 30.9 Å². The Balaban J connectivity index is 2.10. The monoisotopic (exact) mass is 290 g/mol. The molecule has 0 saturated heterocycles. The molecule has 1 aromatic carbocycles. The van der Waals surface area contributed by atoms with Gasteiger partial charge in [0.05, 0.1) is 7.11 Å². The molecule has 0 aromatic heterocycles. The first-order valence-electron chi connectivity index (χ1n) is 8.13.